The molecule has 98 valence electrons. The lowest BCUT2D eigenvalue weighted by Crippen LogP contribution is -2.41. The Bertz CT molecular complexity index is 418. The molecule has 1 heterocycles. The van der Waals surface area contributed by atoms with E-state index in [1.165, 1.54) is 0 Å². The second kappa shape index (κ2) is 5.52. The lowest BCUT2D eigenvalue weighted by atomic mass is 10.1. The summed E-state index contributed by atoms with van der Waals surface area (Å²) in [4.78, 5) is 29.2. The Hall–Kier alpha value is -2.05. The third-order valence-electron chi connectivity index (χ3n) is 3.09. The molecule has 2 rings (SSSR count). The molecule has 1 aromatic heterocycles. The van der Waals surface area contributed by atoms with Crippen molar-refractivity contribution < 1.29 is 14.7 Å². The highest BCUT2D eigenvalue weighted by Gasteiger charge is 2.30. The summed E-state index contributed by atoms with van der Waals surface area (Å²) in [6.45, 7) is 0.327. The smallest absolute Gasteiger partial charge is 0.315 e. The number of carboxylic acid groups (broad SMARTS) is 1. The molecule has 7 nitrogen and oxygen atoms in total. The first-order chi connectivity index (χ1) is 8.65. The summed E-state index contributed by atoms with van der Waals surface area (Å²) in [5.41, 5.74) is 0. The molecule has 0 saturated heterocycles. The summed E-state index contributed by atoms with van der Waals surface area (Å²) in [7, 11) is 0. The van der Waals surface area contributed by atoms with E-state index in [9.17, 15) is 9.59 Å². The molecule has 0 aromatic carbocycles. The minimum Gasteiger partial charge on any atom is -0.481 e. The van der Waals surface area contributed by atoms with Gasteiger partial charge in [-0.1, -0.05) is 0 Å². The van der Waals surface area contributed by atoms with Crippen LogP contribution in [0.2, 0.25) is 0 Å². The number of nitrogens with zero attached hydrogens (tertiary/aromatic N) is 1. The number of aromatic nitrogens is 2. The average molecular weight is 252 g/mol. The quantitative estimate of drug-likeness (QED) is 0.624. The van der Waals surface area contributed by atoms with Gasteiger partial charge in [-0.3, -0.25) is 4.79 Å². The maximum Gasteiger partial charge on any atom is 0.315 e. The van der Waals surface area contributed by atoms with Crippen molar-refractivity contribution in [2.24, 2.45) is 5.92 Å². The van der Waals surface area contributed by atoms with Crippen molar-refractivity contribution in [3.8, 4) is 0 Å². The molecule has 18 heavy (non-hydrogen) atoms. The van der Waals surface area contributed by atoms with Gasteiger partial charge in [-0.05, 0) is 19.3 Å². The van der Waals surface area contributed by atoms with E-state index in [1.54, 1.807) is 12.4 Å². The molecule has 0 spiro atoms. The van der Waals surface area contributed by atoms with E-state index in [1.807, 2.05) is 0 Å². The van der Waals surface area contributed by atoms with Crippen LogP contribution in [-0.2, 0) is 11.3 Å². The highest BCUT2D eigenvalue weighted by atomic mass is 16.4. The number of nitrogens with one attached hydrogen (secondary N) is 3. The van der Waals surface area contributed by atoms with E-state index in [4.69, 9.17) is 5.11 Å². The molecule has 2 atom stereocenters. The number of carbonyl (C=O) groups is 2. The maximum absolute atomic E-state index is 11.6. The average Bonchev–Trinajstić information content (AvgIpc) is 2.96. The number of rotatable bonds is 4. The maximum atomic E-state index is 11.6. The summed E-state index contributed by atoms with van der Waals surface area (Å²) < 4.78 is 0. The molecule has 2 amide bonds. The zero-order chi connectivity index (χ0) is 13.0. The number of H-pyrrole nitrogens is 1. The number of carbonyl (C=O) groups excluding carboxylic acids is 1. The predicted molar refractivity (Wildman–Crippen MR) is 62.7 cm³/mol. The Morgan fingerprint density at radius 1 is 1.50 bits per heavy atom. The minimum absolute atomic E-state index is 0.0531. The summed E-state index contributed by atoms with van der Waals surface area (Å²) in [6, 6.07) is -0.342. The van der Waals surface area contributed by atoms with Crippen molar-refractivity contribution in [1.82, 2.24) is 20.6 Å². The van der Waals surface area contributed by atoms with Crippen LogP contribution in [0.15, 0.2) is 12.4 Å². The first kappa shape index (κ1) is 12.4. The van der Waals surface area contributed by atoms with E-state index in [0.717, 1.165) is 0 Å². The van der Waals surface area contributed by atoms with Crippen molar-refractivity contribution >= 4 is 12.0 Å². The zero-order valence-corrected chi connectivity index (χ0v) is 9.85. The van der Waals surface area contributed by atoms with E-state index in [0.29, 0.717) is 31.6 Å². The number of aromatic amines is 1. The molecular formula is C11H16N4O3. The number of hydrogen-bond acceptors (Lipinski definition) is 3. The summed E-state index contributed by atoms with van der Waals surface area (Å²) in [5.74, 6) is -0.435. The zero-order valence-electron chi connectivity index (χ0n) is 9.85. The number of amides is 2. The van der Waals surface area contributed by atoms with Gasteiger partial charge in [0.25, 0.3) is 0 Å². The third-order valence-corrected chi connectivity index (χ3v) is 3.09. The minimum atomic E-state index is -0.782. The Balaban J connectivity index is 1.70. The van der Waals surface area contributed by atoms with Crippen LogP contribution in [0, 0.1) is 5.92 Å². The van der Waals surface area contributed by atoms with E-state index >= 15 is 0 Å². The first-order valence-electron chi connectivity index (χ1n) is 5.90. The van der Waals surface area contributed by atoms with Gasteiger partial charge in [0, 0.05) is 18.4 Å². The van der Waals surface area contributed by atoms with E-state index < -0.39 is 5.97 Å². The SMILES string of the molecule is O=C(NCc1ncc[nH]1)NC1CCC(C(=O)O)C1. The lowest BCUT2D eigenvalue weighted by Gasteiger charge is -2.12. The molecule has 7 heteroatoms. The number of carboxylic acids is 1. The van der Waals surface area contributed by atoms with Gasteiger partial charge >= 0.3 is 12.0 Å². The summed E-state index contributed by atoms with van der Waals surface area (Å²) in [6.07, 6.45) is 5.14. The van der Waals surface area contributed by atoms with E-state index in [-0.39, 0.29) is 18.0 Å². The largest absolute Gasteiger partial charge is 0.481 e. The van der Waals surface area contributed by atoms with Crippen molar-refractivity contribution in [1.29, 1.82) is 0 Å². The van der Waals surface area contributed by atoms with Crippen LogP contribution in [0.4, 0.5) is 4.79 Å². The highest BCUT2D eigenvalue weighted by Crippen LogP contribution is 2.25. The summed E-state index contributed by atoms with van der Waals surface area (Å²) >= 11 is 0. The Morgan fingerprint density at radius 2 is 2.33 bits per heavy atom. The highest BCUT2D eigenvalue weighted by molar-refractivity contribution is 5.75. The molecule has 1 aliphatic carbocycles. The van der Waals surface area contributed by atoms with Crippen LogP contribution < -0.4 is 10.6 Å². The lowest BCUT2D eigenvalue weighted by molar-refractivity contribution is -0.141. The topological polar surface area (TPSA) is 107 Å². The number of aliphatic carboxylic acids is 1. The number of imidazole rings is 1. The van der Waals surface area contributed by atoms with Crippen LogP contribution in [0.1, 0.15) is 25.1 Å². The van der Waals surface area contributed by atoms with Gasteiger partial charge in [0.1, 0.15) is 5.82 Å². The van der Waals surface area contributed by atoms with Gasteiger partial charge in [0.05, 0.1) is 12.5 Å². The molecule has 2 unspecified atom stereocenters. The molecule has 0 aliphatic heterocycles. The van der Waals surface area contributed by atoms with Crippen molar-refractivity contribution in [2.75, 3.05) is 0 Å². The van der Waals surface area contributed by atoms with Crippen LogP contribution in [0.25, 0.3) is 0 Å². The van der Waals surface area contributed by atoms with Crippen molar-refractivity contribution in [3.05, 3.63) is 18.2 Å². The predicted octanol–water partition coefficient (Wildman–Crippen LogP) is 0.462. The fourth-order valence-electron chi connectivity index (χ4n) is 2.13. The Morgan fingerprint density at radius 3 is 2.94 bits per heavy atom. The molecule has 1 aromatic rings. The van der Waals surface area contributed by atoms with Gasteiger partial charge in [-0.15, -0.1) is 0 Å². The van der Waals surface area contributed by atoms with Crippen molar-refractivity contribution in [3.63, 3.8) is 0 Å². The van der Waals surface area contributed by atoms with Gasteiger partial charge in [-0.2, -0.15) is 0 Å². The van der Waals surface area contributed by atoms with Crippen LogP contribution in [0.5, 0.6) is 0 Å². The standard InChI is InChI=1S/C11H16N4O3/c16-10(17)7-1-2-8(5-7)15-11(18)14-6-9-12-3-4-13-9/h3-4,7-8H,1-2,5-6H2,(H,12,13)(H,16,17)(H2,14,15,18). The molecular weight excluding hydrogens is 236 g/mol. The van der Waals surface area contributed by atoms with Gasteiger partial charge in [-0.25, -0.2) is 9.78 Å². The normalized spacial score (nSPS) is 22.7. The van der Waals surface area contributed by atoms with Crippen LogP contribution in [-0.4, -0.2) is 33.1 Å². The first-order valence-corrected chi connectivity index (χ1v) is 5.90. The second-order valence-corrected chi connectivity index (χ2v) is 4.41. The van der Waals surface area contributed by atoms with Gasteiger partial charge < -0.3 is 20.7 Å². The molecule has 4 N–H and O–H groups in total. The molecule has 1 aliphatic rings. The van der Waals surface area contributed by atoms with Crippen molar-refractivity contribution in [2.45, 2.75) is 31.8 Å². The number of hydrogen-bond donors (Lipinski definition) is 4. The molecule has 0 radical (unpaired) electrons. The van der Waals surface area contributed by atoms with Gasteiger partial charge in [0.15, 0.2) is 0 Å². The van der Waals surface area contributed by atoms with Crippen LogP contribution in [0.3, 0.4) is 0 Å². The molecule has 1 fully saturated rings. The fourth-order valence-corrected chi connectivity index (χ4v) is 2.13. The fraction of sp³-hybridized carbons (Fsp3) is 0.545. The van der Waals surface area contributed by atoms with Gasteiger partial charge in [0.2, 0.25) is 0 Å². The Labute approximate surface area is 104 Å². The van der Waals surface area contributed by atoms with Crippen LogP contribution >= 0.6 is 0 Å². The third kappa shape index (κ3) is 3.22. The molecule has 1 saturated carbocycles. The Kier molecular flexibility index (Phi) is 3.81. The van der Waals surface area contributed by atoms with E-state index in [2.05, 4.69) is 20.6 Å². The number of urea groups is 1. The monoisotopic (exact) mass is 252 g/mol. The summed E-state index contributed by atoms with van der Waals surface area (Å²) in [5, 5.41) is 14.3. The second-order valence-electron chi connectivity index (χ2n) is 4.41. The molecule has 0 bridgehead atoms.